The predicted molar refractivity (Wildman–Crippen MR) is 78.2 cm³/mol. The summed E-state index contributed by atoms with van der Waals surface area (Å²) in [6, 6.07) is 0. The molecule has 19 heavy (non-hydrogen) atoms. The lowest BCUT2D eigenvalue weighted by Gasteiger charge is -2.19. The fraction of sp³-hybridized carbons (Fsp3) is 0.933. The van der Waals surface area contributed by atoms with Crippen LogP contribution in [0.5, 0.6) is 0 Å². The Bertz CT molecular complexity index is 271. The van der Waals surface area contributed by atoms with Crippen LogP contribution in [0.15, 0.2) is 0 Å². The quantitative estimate of drug-likeness (QED) is 0.599. The van der Waals surface area contributed by atoms with Crippen molar-refractivity contribution >= 4 is 5.97 Å². The van der Waals surface area contributed by atoms with Gasteiger partial charge in [0.05, 0.1) is 0 Å². The monoisotopic (exact) mass is 270 g/mol. The molecule has 0 aromatic carbocycles. The number of hydrogen-bond donors (Lipinski definition) is 2. The number of carbonyl (C=O) groups is 1. The Hall–Kier alpha value is -0.610. The molecule has 0 aromatic heterocycles. The molecule has 4 nitrogen and oxygen atoms in total. The molecule has 0 bridgehead atoms. The molecule has 1 fully saturated rings. The van der Waals surface area contributed by atoms with E-state index in [0.29, 0.717) is 13.0 Å². The van der Waals surface area contributed by atoms with Gasteiger partial charge < -0.3 is 15.7 Å². The summed E-state index contributed by atoms with van der Waals surface area (Å²) < 4.78 is 0. The van der Waals surface area contributed by atoms with Gasteiger partial charge in [0, 0.05) is 13.1 Å². The van der Waals surface area contributed by atoms with Crippen LogP contribution in [0.1, 0.15) is 64.7 Å². The number of likely N-dealkylation sites (tertiary alicyclic amines) is 1. The van der Waals surface area contributed by atoms with Crippen LogP contribution in [-0.4, -0.2) is 41.1 Å². The summed E-state index contributed by atoms with van der Waals surface area (Å²) in [4.78, 5) is 13.2. The van der Waals surface area contributed by atoms with Crippen molar-refractivity contribution in [3.8, 4) is 0 Å². The van der Waals surface area contributed by atoms with Crippen LogP contribution in [0, 0.1) is 0 Å². The van der Waals surface area contributed by atoms with E-state index in [2.05, 4.69) is 11.8 Å². The van der Waals surface area contributed by atoms with E-state index in [4.69, 9.17) is 10.8 Å². The second-order valence-electron chi connectivity index (χ2n) is 5.96. The van der Waals surface area contributed by atoms with Crippen molar-refractivity contribution in [1.29, 1.82) is 0 Å². The minimum Gasteiger partial charge on any atom is -0.480 e. The second kappa shape index (κ2) is 8.54. The number of unbranched alkanes of at least 4 members (excludes halogenated alkanes) is 7. The average Bonchev–Trinajstić information content (AvgIpc) is 2.76. The molecule has 0 spiro atoms. The molecule has 112 valence electrons. The van der Waals surface area contributed by atoms with Gasteiger partial charge in [0.1, 0.15) is 5.54 Å². The fourth-order valence-electron chi connectivity index (χ4n) is 2.75. The van der Waals surface area contributed by atoms with Crippen LogP contribution >= 0.6 is 0 Å². The summed E-state index contributed by atoms with van der Waals surface area (Å²) in [7, 11) is 0. The van der Waals surface area contributed by atoms with Crippen LogP contribution in [0.3, 0.4) is 0 Å². The number of nitrogens with two attached hydrogens (primary N) is 1. The largest absolute Gasteiger partial charge is 0.480 e. The first kappa shape index (κ1) is 16.4. The molecule has 0 aromatic rings. The lowest BCUT2D eigenvalue weighted by Crippen LogP contribution is -2.50. The molecule has 1 aliphatic rings. The highest BCUT2D eigenvalue weighted by Crippen LogP contribution is 2.19. The summed E-state index contributed by atoms with van der Waals surface area (Å²) >= 11 is 0. The van der Waals surface area contributed by atoms with Gasteiger partial charge in [-0.05, 0) is 19.4 Å². The first-order valence-electron chi connectivity index (χ1n) is 7.83. The van der Waals surface area contributed by atoms with Crippen molar-refractivity contribution in [2.24, 2.45) is 5.73 Å². The van der Waals surface area contributed by atoms with Gasteiger partial charge in [0.2, 0.25) is 0 Å². The van der Waals surface area contributed by atoms with E-state index in [-0.39, 0.29) is 0 Å². The number of hydrogen-bond acceptors (Lipinski definition) is 3. The molecule has 4 heteroatoms. The van der Waals surface area contributed by atoms with E-state index in [9.17, 15) is 4.79 Å². The Labute approximate surface area is 117 Å². The summed E-state index contributed by atoms with van der Waals surface area (Å²) in [5.74, 6) is -0.856. The molecule has 0 radical (unpaired) electrons. The number of rotatable bonds is 10. The number of carboxylic acids is 1. The predicted octanol–water partition coefficient (Wildman–Crippen LogP) is 2.61. The Morgan fingerprint density at radius 3 is 2.26 bits per heavy atom. The Balaban J connectivity index is 1.98. The molecular formula is C15H30N2O2. The fourth-order valence-corrected chi connectivity index (χ4v) is 2.75. The normalized spacial score (nSPS) is 23.9. The van der Waals surface area contributed by atoms with E-state index in [1.807, 2.05) is 0 Å². The minimum absolute atomic E-state index is 0.513. The Kier molecular flexibility index (Phi) is 7.39. The number of nitrogens with zero attached hydrogens (tertiary/aromatic N) is 1. The lowest BCUT2D eigenvalue weighted by molar-refractivity contribution is -0.142. The van der Waals surface area contributed by atoms with Crippen molar-refractivity contribution in [2.75, 3.05) is 19.6 Å². The topological polar surface area (TPSA) is 66.6 Å². The Morgan fingerprint density at radius 1 is 1.16 bits per heavy atom. The SMILES string of the molecule is CCCCCCCCCCN1CCC(N)(C(=O)O)C1. The van der Waals surface area contributed by atoms with E-state index < -0.39 is 11.5 Å². The highest BCUT2D eigenvalue weighted by molar-refractivity contribution is 5.79. The molecule has 1 saturated heterocycles. The lowest BCUT2D eigenvalue weighted by atomic mass is 10.0. The van der Waals surface area contributed by atoms with E-state index in [1.54, 1.807) is 0 Å². The first-order valence-corrected chi connectivity index (χ1v) is 7.83. The molecule has 1 rings (SSSR count). The average molecular weight is 270 g/mol. The summed E-state index contributed by atoms with van der Waals surface area (Å²) in [5.41, 5.74) is 4.85. The third kappa shape index (κ3) is 5.91. The maximum atomic E-state index is 11.0. The zero-order chi connectivity index (χ0) is 14.1. The van der Waals surface area contributed by atoms with Crippen LogP contribution < -0.4 is 5.73 Å². The van der Waals surface area contributed by atoms with Gasteiger partial charge >= 0.3 is 5.97 Å². The molecule has 3 N–H and O–H groups in total. The highest BCUT2D eigenvalue weighted by Gasteiger charge is 2.40. The molecule has 1 unspecified atom stereocenters. The maximum Gasteiger partial charge on any atom is 0.325 e. The minimum atomic E-state index is -1.000. The van der Waals surface area contributed by atoms with Crippen LogP contribution in [0.4, 0.5) is 0 Å². The van der Waals surface area contributed by atoms with Gasteiger partial charge in [0.15, 0.2) is 0 Å². The van der Waals surface area contributed by atoms with Crippen LogP contribution in [-0.2, 0) is 4.79 Å². The van der Waals surface area contributed by atoms with E-state index in [0.717, 1.165) is 13.1 Å². The van der Waals surface area contributed by atoms with E-state index >= 15 is 0 Å². The van der Waals surface area contributed by atoms with Gasteiger partial charge in [-0.3, -0.25) is 4.79 Å². The second-order valence-corrected chi connectivity index (χ2v) is 5.96. The number of carboxylic acid groups (broad SMARTS) is 1. The third-order valence-electron chi connectivity index (χ3n) is 4.13. The molecule has 0 aliphatic carbocycles. The molecule has 1 aliphatic heterocycles. The van der Waals surface area contributed by atoms with Crippen LogP contribution in [0.25, 0.3) is 0 Å². The summed E-state index contributed by atoms with van der Waals surface area (Å²) in [6.45, 7) is 4.59. The van der Waals surface area contributed by atoms with E-state index in [1.165, 1.54) is 51.4 Å². The zero-order valence-electron chi connectivity index (χ0n) is 12.4. The van der Waals surface area contributed by atoms with Crippen LogP contribution in [0.2, 0.25) is 0 Å². The van der Waals surface area contributed by atoms with Crippen molar-refractivity contribution in [3.05, 3.63) is 0 Å². The summed E-state index contributed by atoms with van der Waals surface area (Å²) in [5, 5.41) is 9.05. The first-order chi connectivity index (χ1) is 9.08. The van der Waals surface area contributed by atoms with Gasteiger partial charge in [-0.1, -0.05) is 51.9 Å². The van der Waals surface area contributed by atoms with Crippen molar-refractivity contribution in [1.82, 2.24) is 4.90 Å². The number of aliphatic carboxylic acids is 1. The van der Waals surface area contributed by atoms with Gasteiger partial charge in [-0.15, -0.1) is 0 Å². The summed E-state index contributed by atoms with van der Waals surface area (Å²) in [6.07, 6.45) is 11.1. The Morgan fingerprint density at radius 2 is 1.74 bits per heavy atom. The van der Waals surface area contributed by atoms with Gasteiger partial charge in [-0.2, -0.15) is 0 Å². The highest BCUT2D eigenvalue weighted by atomic mass is 16.4. The molecule has 1 atom stereocenters. The van der Waals surface area contributed by atoms with Crippen molar-refractivity contribution < 1.29 is 9.90 Å². The molecule has 1 heterocycles. The van der Waals surface area contributed by atoms with Gasteiger partial charge in [0.25, 0.3) is 0 Å². The smallest absolute Gasteiger partial charge is 0.325 e. The molecular weight excluding hydrogens is 240 g/mol. The zero-order valence-corrected chi connectivity index (χ0v) is 12.4. The van der Waals surface area contributed by atoms with Crippen molar-refractivity contribution in [2.45, 2.75) is 70.3 Å². The molecule has 0 amide bonds. The maximum absolute atomic E-state index is 11.0. The van der Waals surface area contributed by atoms with Crippen molar-refractivity contribution in [3.63, 3.8) is 0 Å². The standard InChI is InChI=1S/C15H30N2O2/c1-2-3-4-5-6-7-8-9-11-17-12-10-15(16,13-17)14(18)19/h2-13,16H2,1H3,(H,18,19). The molecule has 0 saturated carbocycles. The van der Waals surface area contributed by atoms with Gasteiger partial charge in [-0.25, -0.2) is 0 Å². The third-order valence-corrected chi connectivity index (χ3v) is 4.13.